The SMILES string of the molecule is O=S(O)Cc1ccc(Cl)nc1. The fourth-order valence-corrected chi connectivity index (χ4v) is 1.20. The Hall–Kier alpha value is -0.450. The van der Waals surface area contributed by atoms with E-state index in [9.17, 15) is 4.21 Å². The highest BCUT2D eigenvalue weighted by molar-refractivity contribution is 7.78. The highest BCUT2D eigenvalue weighted by atomic mass is 35.5. The summed E-state index contributed by atoms with van der Waals surface area (Å²) in [6.07, 6.45) is 1.48. The fraction of sp³-hybridized carbons (Fsp3) is 0.167. The summed E-state index contributed by atoms with van der Waals surface area (Å²) < 4.78 is 18.8. The van der Waals surface area contributed by atoms with Gasteiger partial charge in [0.15, 0.2) is 11.1 Å². The lowest BCUT2D eigenvalue weighted by molar-refractivity contribution is 0.563. The van der Waals surface area contributed by atoms with Crippen LogP contribution in [0.1, 0.15) is 5.56 Å². The second-order valence-electron chi connectivity index (χ2n) is 1.95. The maximum atomic E-state index is 10.3. The molecule has 0 saturated carbocycles. The van der Waals surface area contributed by atoms with E-state index < -0.39 is 11.1 Å². The van der Waals surface area contributed by atoms with Gasteiger partial charge < -0.3 is 4.55 Å². The molecule has 0 amide bonds. The number of hydrogen-bond donors (Lipinski definition) is 1. The molecule has 1 aromatic heterocycles. The summed E-state index contributed by atoms with van der Waals surface area (Å²) >= 11 is 3.69. The summed E-state index contributed by atoms with van der Waals surface area (Å²) in [4.78, 5) is 3.75. The third-order valence-electron chi connectivity index (χ3n) is 1.08. The van der Waals surface area contributed by atoms with Crippen molar-refractivity contribution in [3.05, 3.63) is 29.0 Å². The Kier molecular flexibility index (Phi) is 2.99. The first kappa shape index (κ1) is 8.64. The van der Waals surface area contributed by atoms with Gasteiger partial charge in [-0.05, 0) is 11.6 Å². The van der Waals surface area contributed by atoms with Crippen LogP contribution in [0.5, 0.6) is 0 Å². The molecule has 3 nitrogen and oxygen atoms in total. The van der Waals surface area contributed by atoms with E-state index in [4.69, 9.17) is 16.2 Å². The number of nitrogens with zero attached hydrogens (tertiary/aromatic N) is 1. The smallest absolute Gasteiger partial charge is 0.157 e. The zero-order valence-electron chi connectivity index (χ0n) is 5.53. The predicted octanol–water partition coefficient (Wildman–Crippen LogP) is 1.46. The van der Waals surface area contributed by atoms with Gasteiger partial charge in [0.1, 0.15) is 5.15 Å². The molecule has 1 heterocycles. The third kappa shape index (κ3) is 2.96. The Morgan fingerprint density at radius 2 is 2.36 bits per heavy atom. The summed E-state index contributed by atoms with van der Waals surface area (Å²) in [5.41, 5.74) is 0.704. The predicted molar refractivity (Wildman–Crippen MR) is 43.7 cm³/mol. The van der Waals surface area contributed by atoms with E-state index >= 15 is 0 Å². The monoisotopic (exact) mass is 191 g/mol. The van der Waals surface area contributed by atoms with E-state index in [-0.39, 0.29) is 5.75 Å². The van der Waals surface area contributed by atoms with Gasteiger partial charge in [0.2, 0.25) is 0 Å². The summed E-state index contributed by atoms with van der Waals surface area (Å²) in [5, 5.41) is 0.387. The molecular formula is C6H6ClNO2S. The van der Waals surface area contributed by atoms with E-state index in [1.54, 1.807) is 12.1 Å². The lowest BCUT2D eigenvalue weighted by atomic mass is 10.3. The van der Waals surface area contributed by atoms with Crippen molar-refractivity contribution in [3.8, 4) is 0 Å². The Morgan fingerprint density at radius 1 is 1.64 bits per heavy atom. The van der Waals surface area contributed by atoms with Gasteiger partial charge in [-0.3, -0.25) is 0 Å². The molecule has 0 saturated heterocycles. The van der Waals surface area contributed by atoms with Crippen molar-refractivity contribution in [2.75, 3.05) is 0 Å². The highest BCUT2D eigenvalue weighted by Gasteiger charge is 1.97. The molecular weight excluding hydrogens is 186 g/mol. The summed E-state index contributed by atoms with van der Waals surface area (Å²) in [6, 6.07) is 3.26. The quantitative estimate of drug-likeness (QED) is 0.569. The minimum absolute atomic E-state index is 0.101. The van der Waals surface area contributed by atoms with Crippen molar-refractivity contribution in [1.82, 2.24) is 4.98 Å². The Morgan fingerprint density at radius 3 is 2.82 bits per heavy atom. The van der Waals surface area contributed by atoms with Gasteiger partial charge in [0, 0.05) is 6.20 Å². The van der Waals surface area contributed by atoms with E-state index in [0.717, 1.165) is 0 Å². The van der Waals surface area contributed by atoms with Gasteiger partial charge in [-0.1, -0.05) is 17.7 Å². The number of rotatable bonds is 2. The van der Waals surface area contributed by atoms with Crippen molar-refractivity contribution in [2.45, 2.75) is 5.75 Å². The van der Waals surface area contributed by atoms with Crippen molar-refractivity contribution >= 4 is 22.7 Å². The molecule has 1 N–H and O–H groups in total. The number of halogens is 1. The van der Waals surface area contributed by atoms with Crippen LogP contribution in [-0.4, -0.2) is 13.7 Å². The number of hydrogen-bond acceptors (Lipinski definition) is 2. The minimum atomic E-state index is -1.81. The molecule has 1 unspecified atom stereocenters. The van der Waals surface area contributed by atoms with Gasteiger partial charge >= 0.3 is 0 Å². The molecule has 1 atom stereocenters. The molecule has 0 bridgehead atoms. The van der Waals surface area contributed by atoms with Crippen molar-refractivity contribution in [2.24, 2.45) is 0 Å². The standard InChI is InChI=1S/C6H6ClNO2S/c7-6-2-1-5(3-8-6)4-11(9)10/h1-3H,4H2,(H,9,10). The molecule has 1 aromatic rings. The molecule has 60 valence electrons. The first-order valence-corrected chi connectivity index (χ1v) is 4.52. The largest absolute Gasteiger partial charge is 0.306 e. The molecule has 5 heteroatoms. The van der Waals surface area contributed by atoms with Crippen molar-refractivity contribution in [1.29, 1.82) is 0 Å². The van der Waals surface area contributed by atoms with Gasteiger partial charge in [-0.2, -0.15) is 0 Å². The van der Waals surface area contributed by atoms with Crippen molar-refractivity contribution in [3.63, 3.8) is 0 Å². The summed E-state index contributed by atoms with van der Waals surface area (Å²) in [6.45, 7) is 0. The Labute approximate surface area is 71.7 Å². The van der Waals surface area contributed by atoms with Crippen LogP contribution < -0.4 is 0 Å². The van der Waals surface area contributed by atoms with Crippen LogP contribution in [0.25, 0.3) is 0 Å². The van der Waals surface area contributed by atoms with E-state index in [1.807, 2.05) is 0 Å². The second kappa shape index (κ2) is 3.80. The average molecular weight is 192 g/mol. The van der Waals surface area contributed by atoms with Gasteiger partial charge in [0.05, 0.1) is 5.75 Å². The first-order valence-electron chi connectivity index (χ1n) is 2.86. The zero-order valence-corrected chi connectivity index (χ0v) is 7.10. The van der Waals surface area contributed by atoms with Crippen LogP contribution in [-0.2, 0) is 16.8 Å². The van der Waals surface area contributed by atoms with Crippen LogP contribution in [0.15, 0.2) is 18.3 Å². The van der Waals surface area contributed by atoms with Gasteiger partial charge in [0.25, 0.3) is 0 Å². The van der Waals surface area contributed by atoms with Crippen molar-refractivity contribution < 1.29 is 8.76 Å². The molecule has 0 aliphatic rings. The van der Waals surface area contributed by atoms with E-state index in [0.29, 0.717) is 10.7 Å². The minimum Gasteiger partial charge on any atom is -0.306 e. The zero-order chi connectivity index (χ0) is 8.27. The maximum absolute atomic E-state index is 10.3. The normalized spacial score (nSPS) is 12.9. The van der Waals surface area contributed by atoms with Crippen LogP contribution >= 0.6 is 11.6 Å². The lowest BCUT2D eigenvalue weighted by Gasteiger charge is -1.94. The van der Waals surface area contributed by atoms with E-state index in [2.05, 4.69) is 4.98 Å². The number of aromatic nitrogens is 1. The average Bonchev–Trinajstić information content (AvgIpc) is 1.93. The Bertz CT molecular complexity index is 262. The highest BCUT2D eigenvalue weighted by Crippen LogP contribution is 2.06. The Balaban J connectivity index is 2.74. The molecule has 0 aliphatic heterocycles. The molecule has 0 fully saturated rings. The van der Waals surface area contributed by atoms with Crippen LogP contribution in [0.2, 0.25) is 5.15 Å². The summed E-state index contributed by atoms with van der Waals surface area (Å²) in [5.74, 6) is 0.101. The maximum Gasteiger partial charge on any atom is 0.157 e. The first-order chi connectivity index (χ1) is 5.18. The van der Waals surface area contributed by atoms with Gasteiger partial charge in [-0.25, -0.2) is 9.19 Å². The molecule has 11 heavy (non-hydrogen) atoms. The van der Waals surface area contributed by atoms with Crippen LogP contribution in [0.3, 0.4) is 0 Å². The fourth-order valence-electron chi connectivity index (χ4n) is 0.634. The van der Waals surface area contributed by atoms with Gasteiger partial charge in [-0.15, -0.1) is 0 Å². The van der Waals surface area contributed by atoms with Crippen LogP contribution in [0, 0.1) is 0 Å². The topological polar surface area (TPSA) is 50.2 Å². The summed E-state index contributed by atoms with van der Waals surface area (Å²) in [7, 11) is 0. The lowest BCUT2D eigenvalue weighted by Crippen LogP contribution is -1.92. The van der Waals surface area contributed by atoms with Crippen LogP contribution in [0.4, 0.5) is 0 Å². The molecule has 1 rings (SSSR count). The molecule has 0 spiro atoms. The second-order valence-corrected chi connectivity index (χ2v) is 3.27. The molecule has 0 aliphatic carbocycles. The molecule has 0 aromatic carbocycles. The number of pyridine rings is 1. The third-order valence-corrected chi connectivity index (χ3v) is 1.88. The molecule has 0 radical (unpaired) electrons. The van der Waals surface area contributed by atoms with E-state index in [1.165, 1.54) is 6.20 Å².